The topological polar surface area (TPSA) is 69.2 Å². The van der Waals surface area contributed by atoms with Crippen molar-refractivity contribution < 1.29 is 9.47 Å². The van der Waals surface area contributed by atoms with E-state index in [4.69, 9.17) is 21.1 Å². The molecule has 0 saturated carbocycles. The van der Waals surface area contributed by atoms with Crippen LogP contribution in [0.3, 0.4) is 0 Å². The molecule has 0 bridgehead atoms. The van der Waals surface area contributed by atoms with E-state index in [0.717, 1.165) is 19.4 Å². The third kappa shape index (κ3) is 3.17. The van der Waals surface area contributed by atoms with Crippen LogP contribution in [0.25, 0.3) is 0 Å². The second-order valence-corrected chi connectivity index (χ2v) is 4.59. The SMILES string of the molecule is COc1nc(Cl)nc(NC2(C)CCCOC2)n1. The number of aromatic nitrogens is 3. The van der Waals surface area contributed by atoms with E-state index in [1.54, 1.807) is 0 Å². The van der Waals surface area contributed by atoms with Gasteiger partial charge in [-0.3, -0.25) is 0 Å². The maximum absolute atomic E-state index is 5.78. The highest BCUT2D eigenvalue weighted by atomic mass is 35.5. The number of rotatable bonds is 3. The van der Waals surface area contributed by atoms with Crippen LogP contribution in [-0.4, -0.2) is 40.8 Å². The zero-order valence-corrected chi connectivity index (χ0v) is 10.6. The van der Waals surface area contributed by atoms with E-state index in [2.05, 4.69) is 27.2 Å². The summed E-state index contributed by atoms with van der Waals surface area (Å²) in [6.45, 7) is 3.49. The van der Waals surface area contributed by atoms with Gasteiger partial charge in [-0.25, -0.2) is 0 Å². The van der Waals surface area contributed by atoms with Crippen molar-refractivity contribution in [2.24, 2.45) is 0 Å². The first-order chi connectivity index (χ1) is 8.11. The second kappa shape index (κ2) is 5.01. The number of nitrogens with one attached hydrogen (secondary N) is 1. The molecule has 1 N–H and O–H groups in total. The van der Waals surface area contributed by atoms with E-state index in [0.29, 0.717) is 12.6 Å². The fourth-order valence-electron chi connectivity index (χ4n) is 1.78. The first kappa shape index (κ1) is 12.3. The largest absolute Gasteiger partial charge is 0.467 e. The smallest absolute Gasteiger partial charge is 0.322 e. The molecule has 6 nitrogen and oxygen atoms in total. The molecule has 0 amide bonds. The number of methoxy groups -OCH3 is 1. The predicted octanol–water partition coefficient (Wildman–Crippen LogP) is 1.51. The summed E-state index contributed by atoms with van der Waals surface area (Å²) in [5.74, 6) is 0.412. The number of anilines is 1. The van der Waals surface area contributed by atoms with Gasteiger partial charge in [0, 0.05) is 6.61 Å². The average Bonchev–Trinajstić information content (AvgIpc) is 2.28. The monoisotopic (exact) mass is 258 g/mol. The molecule has 2 rings (SSSR count). The van der Waals surface area contributed by atoms with Crippen molar-refractivity contribution >= 4 is 17.5 Å². The van der Waals surface area contributed by atoms with Crippen molar-refractivity contribution in [3.05, 3.63) is 5.28 Å². The van der Waals surface area contributed by atoms with Gasteiger partial charge in [0.15, 0.2) is 0 Å². The lowest BCUT2D eigenvalue weighted by Gasteiger charge is -2.34. The third-order valence-electron chi connectivity index (χ3n) is 2.62. The summed E-state index contributed by atoms with van der Waals surface area (Å²) >= 11 is 5.78. The molecular weight excluding hydrogens is 244 g/mol. The Hall–Kier alpha value is -1.14. The molecule has 1 unspecified atom stereocenters. The molecule has 7 heteroatoms. The first-order valence-corrected chi connectivity index (χ1v) is 5.81. The van der Waals surface area contributed by atoms with Crippen molar-refractivity contribution in [2.45, 2.75) is 25.3 Å². The molecule has 1 aromatic heterocycles. The molecule has 2 heterocycles. The van der Waals surface area contributed by atoms with Crippen LogP contribution < -0.4 is 10.1 Å². The molecule has 0 radical (unpaired) electrons. The molecule has 0 spiro atoms. The van der Waals surface area contributed by atoms with E-state index in [9.17, 15) is 0 Å². The minimum absolute atomic E-state index is 0.111. The van der Waals surface area contributed by atoms with Gasteiger partial charge in [0.2, 0.25) is 11.2 Å². The molecular formula is C10H15ClN4O2. The van der Waals surface area contributed by atoms with Crippen LogP contribution in [0.15, 0.2) is 0 Å². The summed E-state index contributed by atoms with van der Waals surface area (Å²) in [7, 11) is 1.49. The number of hydrogen-bond acceptors (Lipinski definition) is 6. The van der Waals surface area contributed by atoms with Gasteiger partial charge < -0.3 is 14.8 Å². The Morgan fingerprint density at radius 2 is 2.24 bits per heavy atom. The van der Waals surface area contributed by atoms with E-state index in [1.807, 2.05) is 0 Å². The van der Waals surface area contributed by atoms with E-state index >= 15 is 0 Å². The van der Waals surface area contributed by atoms with E-state index in [-0.39, 0.29) is 16.8 Å². The zero-order chi connectivity index (χ0) is 12.3. The summed E-state index contributed by atoms with van der Waals surface area (Å²) in [5, 5.41) is 3.33. The van der Waals surface area contributed by atoms with Crippen molar-refractivity contribution in [3.8, 4) is 6.01 Å². The molecule has 1 saturated heterocycles. The number of hydrogen-bond donors (Lipinski definition) is 1. The Balaban J connectivity index is 2.14. The maximum atomic E-state index is 5.78. The summed E-state index contributed by atoms with van der Waals surface area (Å²) in [6.07, 6.45) is 2.01. The molecule has 1 fully saturated rings. The third-order valence-corrected chi connectivity index (χ3v) is 2.79. The van der Waals surface area contributed by atoms with Gasteiger partial charge in [0.25, 0.3) is 0 Å². The lowest BCUT2D eigenvalue weighted by Crippen LogP contribution is -2.43. The standard InChI is InChI=1S/C10H15ClN4O2/c1-10(4-3-5-17-6-10)15-8-12-7(11)13-9(14-8)16-2/h3-6H2,1-2H3,(H,12,13,14,15). The van der Waals surface area contributed by atoms with Crippen LogP contribution in [0.1, 0.15) is 19.8 Å². The highest BCUT2D eigenvalue weighted by molar-refractivity contribution is 6.28. The first-order valence-electron chi connectivity index (χ1n) is 5.43. The van der Waals surface area contributed by atoms with E-state index < -0.39 is 0 Å². The zero-order valence-electron chi connectivity index (χ0n) is 9.86. The van der Waals surface area contributed by atoms with Gasteiger partial charge in [-0.05, 0) is 31.4 Å². The quantitative estimate of drug-likeness (QED) is 0.886. The van der Waals surface area contributed by atoms with Gasteiger partial charge in [-0.2, -0.15) is 15.0 Å². The Bertz CT molecular complexity index is 396. The summed E-state index contributed by atoms with van der Waals surface area (Å²) < 4.78 is 10.4. The molecule has 1 aliphatic heterocycles. The fourth-order valence-corrected chi connectivity index (χ4v) is 1.93. The van der Waals surface area contributed by atoms with Crippen molar-refractivity contribution in [2.75, 3.05) is 25.6 Å². The van der Waals surface area contributed by atoms with Crippen molar-refractivity contribution in [1.82, 2.24) is 15.0 Å². The van der Waals surface area contributed by atoms with Gasteiger partial charge in [0.05, 0.1) is 19.3 Å². The molecule has 17 heavy (non-hydrogen) atoms. The van der Waals surface area contributed by atoms with Gasteiger partial charge in [-0.1, -0.05) is 0 Å². The Morgan fingerprint density at radius 3 is 2.88 bits per heavy atom. The van der Waals surface area contributed by atoms with Crippen LogP contribution in [0.5, 0.6) is 6.01 Å². The molecule has 1 aliphatic rings. The van der Waals surface area contributed by atoms with Gasteiger partial charge in [0.1, 0.15) is 0 Å². The molecule has 1 atom stereocenters. The number of halogens is 1. The molecule has 1 aromatic rings. The fraction of sp³-hybridized carbons (Fsp3) is 0.700. The molecule has 0 aliphatic carbocycles. The molecule has 0 aromatic carbocycles. The highest BCUT2D eigenvalue weighted by Crippen LogP contribution is 2.23. The summed E-state index contributed by atoms with van der Waals surface area (Å²) in [5.41, 5.74) is -0.173. The summed E-state index contributed by atoms with van der Waals surface area (Å²) in [4.78, 5) is 11.9. The summed E-state index contributed by atoms with van der Waals surface area (Å²) in [6, 6.07) is 0.202. The van der Waals surface area contributed by atoms with Crippen LogP contribution in [0, 0.1) is 0 Å². The van der Waals surface area contributed by atoms with E-state index in [1.165, 1.54) is 7.11 Å². The van der Waals surface area contributed by atoms with Crippen LogP contribution in [0.2, 0.25) is 5.28 Å². The minimum Gasteiger partial charge on any atom is -0.467 e. The minimum atomic E-state index is -0.173. The Morgan fingerprint density at radius 1 is 1.41 bits per heavy atom. The lowest BCUT2D eigenvalue weighted by molar-refractivity contribution is 0.0537. The average molecular weight is 259 g/mol. The predicted molar refractivity (Wildman–Crippen MR) is 63.5 cm³/mol. The second-order valence-electron chi connectivity index (χ2n) is 4.26. The Labute approximate surface area is 105 Å². The lowest BCUT2D eigenvalue weighted by atomic mass is 9.95. The van der Waals surface area contributed by atoms with Gasteiger partial charge >= 0.3 is 6.01 Å². The maximum Gasteiger partial charge on any atom is 0.322 e. The van der Waals surface area contributed by atoms with Crippen LogP contribution in [-0.2, 0) is 4.74 Å². The van der Waals surface area contributed by atoms with Crippen molar-refractivity contribution in [1.29, 1.82) is 0 Å². The van der Waals surface area contributed by atoms with Crippen molar-refractivity contribution in [3.63, 3.8) is 0 Å². The highest BCUT2D eigenvalue weighted by Gasteiger charge is 2.28. The van der Waals surface area contributed by atoms with Gasteiger partial charge in [-0.15, -0.1) is 0 Å². The number of nitrogens with zero attached hydrogens (tertiary/aromatic N) is 3. The Kier molecular flexibility index (Phi) is 3.63. The normalized spacial score (nSPS) is 24.4. The molecule has 94 valence electrons. The van der Waals surface area contributed by atoms with Crippen LogP contribution in [0.4, 0.5) is 5.95 Å². The van der Waals surface area contributed by atoms with Crippen LogP contribution >= 0.6 is 11.6 Å². The number of ether oxygens (including phenoxy) is 2.